The van der Waals surface area contributed by atoms with Gasteiger partial charge in [0.1, 0.15) is 0 Å². The molecule has 0 bridgehead atoms. The SMILES string of the molecule is CCCCCCCCCC(CCCC)O[Si](c1ccccc1)c1ccccc1. The van der Waals surface area contributed by atoms with E-state index in [9.17, 15) is 0 Å². The normalized spacial score (nSPS) is 12.4. The van der Waals surface area contributed by atoms with Gasteiger partial charge in [0.05, 0.1) is 0 Å². The third kappa shape index (κ3) is 8.75. The van der Waals surface area contributed by atoms with Crippen LogP contribution < -0.4 is 10.4 Å². The van der Waals surface area contributed by atoms with Crippen molar-refractivity contribution in [1.29, 1.82) is 0 Å². The molecule has 2 rings (SSSR count). The second-order valence-corrected chi connectivity index (χ2v) is 9.90. The highest BCUT2D eigenvalue weighted by Gasteiger charge is 2.23. The molecule has 0 saturated heterocycles. The van der Waals surface area contributed by atoms with Crippen LogP contribution in [0.25, 0.3) is 0 Å². The van der Waals surface area contributed by atoms with Crippen LogP contribution in [0.15, 0.2) is 60.7 Å². The van der Waals surface area contributed by atoms with Gasteiger partial charge in [-0.3, -0.25) is 0 Å². The van der Waals surface area contributed by atoms with Crippen molar-refractivity contribution in [2.24, 2.45) is 0 Å². The maximum atomic E-state index is 6.87. The molecule has 0 spiro atoms. The lowest BCUT2D eigenvalue weighted by Crippen LogP contribution is -2.47. The number of rotatable bonds is 15. The van der Waals surface area contributed by atoms with Crippen LogP contribution in [0.5, 0.6) is 0 Å². The average molecular weight is 396 g/mol. The van der Waals surface area contributed by atoms with Gasteiger partial charge in [-0.15, -0.1) is 0 Å². The second-order valence-electron chi connectivity index (χ2n) is 7.85. The van der Waals surface area contributed by atoms with Crippen molar-refractivity contribution in [2.45, 2.75) is 90.6 Å². The van der Waals surface area contributed by atoms with Crippen LogP contribution in [0.2, 0.25) is 0 Å². The summed E-state index contributed by atoms with van der Waals surface area (Å²) in [5, 5.41) is 2.72. The zero-order valence-corrected chi connectivity index (χ0v) is 19.0. The largest absolute Gasteiger partial charge is 0.404 e. The molecule has 1 unspecified atom stereocenters. The first-order valence-corrected chi connectivity index (χ1v) is 12.9. The minimum Gasteiger partial charge on any atom is -0.404 e. The fourth-order valence-electron chi connectivity index (χ4n) is 3.67. The third-order valence-corrected chi connectivity index (χ3v) is 7.65. The summed E-state index contributed by atoms with van der Waals surface area (Å²) in [6, 6.07) is 21.7. The third-order valence-electron chi connectivity index (χ3n) is 5.37. The van der Waals surface area contributed by atoms with E-state index in [0.29, 0.717) is 6.10 Å². The van der Waals surface area contributed by atoms with E-state index < -0.39 is 9.04 Å². The molecule has 0 aliphatic heterocycles. The Morgan fingerprint density at radius 1 is 0.607 bits per heavy atom. The lowest BCUT2D eigenvalue weighted by atomic mass is 10.0. The lowest BCUT2D eigenvalue weighted by Gasteiger charge is -2.24. The van der Waals surface area contributed by atoms with Gasteiger partial charge >= 0.3 is 0 Å². The molecule has 0 aliphatic carbocycles. The summed E-state index contributed by atoms with van der Waals surface area (Å²) in [4.78, 5) is 0. The minimum atomic E-state index is -1.18. The van der Waals surface area contributed by atoms with E-state index in [1.807, 2.05) is 0 Å². The van der Waals surface area contributed by atoms with Crippen LogP contribution in [-0.2, 0) is 4.43 Å². The summed E-state index contributed by atoms with van der Waals surface area (Å²) in [6.45, 7) is 4.57. The van der Waals surface area contributed by atoms with Gasteiger partial charge in [0.15, 0.2) is 0 Å². The van der Waals surface area contributed by atoms with E-state index >= 15 is 0 Å². The predicted octanol–water partition coefficient (Wildman–Crippen LogP) is 6.51. The minimum absolute atomic E-state index is 0.393. The first-order valence-electron chi connectivity index (χ1n) is 11.5. The number of unbranched alkanes of at least 4 members (excludes halogenated alkanes) is 7. The van der Waals surface area contributed by atoms with Crippen LogP contribution in [0, 0.1) is 0 Å². The molecule has 0 N–H and O–H groups in total. The van der Waals surface area contributed by atoms with Crippen molar-refractivity contribution in [3.63, 3.8) is 0 Å². The van der Waals surface area contributed by atoms with Crippen molar-refractivity contribution >= 4 is 19.4 Å². The average Bonchev–Trinajstić information content (AvgIpc) is 2.75. The van der Waals surface area contributed by atoms with Crippen molar-refractivity contribution in [3.8, 4) is 0 Å². The van der Waals surface area contributed by atoms with E-state index in [1.54, 1.807) is 0 Å². The Morgan fingerprint density at radius 3 is 1.61 bits per heavy atom. The van der Waals surface area contributed by atoms with Crippen molar-refractivity contribution < 1.29 is 4.43 Å². The molecule has 2 aromatic carbocycles. The summed E-state index contributed by atoms with van der Waals surface area (Å²) in [6.07, 6.45) is 14.9. The number of benzene rings is 2. The topological polar surface area (TPSA) is 9.23 Å². The van der Waals surface area contributed by atoms with Gasteiger partial charge in [0.2, 0.25) is 0 Å². The second kappa shape index (κ2) is 14.6. The van der Waals surface area contributed by atoms with Gasteiger partial charge in [-0.2, -0.15) is 0 Å². The molecule has 2 heteroatoms. The van der Waals surface area contributed by atoms with Gasteiger partial charge in [-0.05, 0) is 23.2 Å². The summed E-state index contributed by atoms with van der Waals surface area (Å²) >= 11 is 0. The summed E-state index contributed by atoms with van der Waals surface area (Å²) < 4.78 is 6.87. The Morgan fingerprint density at radius 2 is 1.07 bits per heavy atom. The van der Waals surface area contributed by atoms with Crippen LogP contribution in [-0.4, -0.2) is 15.1 Å². The zero-order chi connectivity index (χ0) is 19.9. The number of hydrogen-bond donors (Lipinski definition) is 0. The fraction of sp³-hybridized carbons (Fsp3) is 0.538. The molecular weight excluding hydrogens is 356 g/mol. The standard InChI is InChI=1S/C26H39OSi/c1-3-5-7-8-9-10-13-19-24(18-6-4-2)27-28(25-20-14-11-15-21-25)26-22-16-12-17-23-26/h11-12,14-17,20-24H,3-10,13,18-19H2,1-2H3. The van der Waals surface area contributed by atoms with Crippen molar-refractivity contribution in [1.82, 2.24) is 0 Å². The first kappa shape index (κ1) is 22.9. The van der Waals surface area contributed by atoms with E-state index in [-0.39, 0.29) is 0 Å². The quantitative estimate of drug-likeness (QED) is 0.247. The molecule has 153 valence electrons. The van der Waals surface area contributed by atoms with E-state index in [2.05, 4.69) is 74.5 Å². The van der Waals surface area contributed by atoms with Crippen LogP contribution in [0.4, 0.5) is 0 Å². The Bertz CT molecular complexity index is 559. The highest BCUT2D eigenvalue weighted by molar-refractivity contribution is 6.80. The molecule has 1 radical (unpaired) electrons. The molecule has 0 amide bonds. The lowest BCUT2D eigenvalue weighted by molar-refractivity contribution is 0.180. The predicted molar refractivity (Wildman–Crippen MR) is 125 cm³/mol. The Hall–Kier alpha value is -1.38. The monoisotopic (exact) mass is 395 g/mol. The molecule has 1 nitrogen and oxygen atoms in total. The summed E-state index contributed by atoms with van der Waals surface area (Å²) in [5.41, 5.74) is 0. The van der Waals surface area contributed by atoms with Gasteiger partial charge in [-0.1, -0.05) is 132 Å². The molecule has 0 aliphatic rings. The van der Waals surface area contributed by atoms with Gasteiger partial charge in [0.25, 0.3) is 9.04 Å². The van der Waals surface area contributed by atoms with E-state index in [4.69, 9.17) is 4.43 Å². The maximum Gasteiger partial charge on any atom is 0.283 e. The number of hydrogen-bond acceptors (Lipinski definition) is 1. The summed E-state index contributed by atoms with van der Waals surface area (Å²) in [7, 11) is -1.18. The maximum absolute atomic E-state index is 6.87. The Labute approximate surface area is 175 Å². The smallest absolute Gasteiger partial charge is 0.283 e. The van der Waals surface area contributed by atoms with Crippen LogP contribution >= 0.6 is 0 Å². The molecular formula is C26H39OSi. The van der Waals surface area contributed by atoms with Gasteiger partial charge < -0.3 is 4.43 Å². The molecule has 0 heterocycles. The van der Waals surface area contributed by atoms with Crippen molar-refractivity contribution in [2.75, 3.05) is 0 Å². The zero-order valence-electron chi connectivity index (χ0n) is 18.0. The molecule has 0 aromatic heterocycles. The summed E-state index contributed by atoms with van der Waals surface area (Å²) in [5.74, 6) is 0. The van der Waals surface area contributed by atoms with Crippen LogP contribution in [0.3, 0.4) is 0 Å². The Kier molecular flexibility index (Phi) is 11.9. The molecule has 28 heavy (non-hydrogen) atoms. The van der Waals surface area contributed by atoms with Gasteiger partial charge in [0, 0.05) is 6.10 Å². The van der Waals surface area contributed by atoms with Gasteiger partial charge in [-0.25, -0.2) is 0 Å². The van der Waals surface area contributed by atoms with E-state index in [1.165, 1.54) is 81.0 Å². The van der Waals surface area contributed by atoms with Crippen molar-refractivity contribution in [3.05, 3.63) is 60.7 Å². The molecule has 0 fully saturated rings. The Balaban J connectivity index is 1.96. The highest BCUT2D eigenvalue weighted by Crippen LogP contribution is 2.16. The molecule has 1 atom stereocenters. The van der Waals surface area contributed by atoms with Crippen LogP contribution in [0.1, 0.15) is 84.5 Å². The first-order chi connectivity index (χ1) is 13.8. The fourth-order valence-corrected chi connectivity index (χ4v) is 5.84. The molecule has 0 saturated carbocycles. The molecule has 2 aromatic rings. The highest BCUT2D eigenvalue weighted by atomic mass is 28.3. The van der Waals surface area contributed by atoms with E-state index in [0.717, 1.165) is 0 Å².